The van der Waals surface area contributed by atoms with Crippen molar-refractivity contribution in [1.82, 2.24) is 0 Å². The van der Waals surface area contributed by atoms with Gasteiger partial charge in [-0.1, -0.05) is 25.5 Å². The Balaban J connectivity index is 2.20. The van der Waals surface area contributed by atoms with Crippen LogP contribution in [0.15, 0.2) is 11.6 Å². The van der Waals surface area contributed by atoms with E-state index in [1.807, 2.05) is 19.9 Å². The van der Waals surface area contributed by atoms with E-state index in [-0.39, 0.29) is 12.6 Å². The van der Waals surface area contributed by atoms with Crippen molar-refractivity contribution in [2.24, 2.45) is 11.7 Å². The zero-order valence-corrected chi connectivity index (χ0v) is 18.9. The Kier molecular flexibility index (Phi) is 8.47. The second kappa shape index (κ2) is 10.8. The number of amides is 2. The number of rotatable bonds is 10. The van der Waals surface area contributed by atoms with Crippen LogP contribution in [0.4, 0.5) is 10.5 Å². The summed E-state index contributed by atoms with van der Waals surface area (Å²) in [5.41, 5.74) is 9.05. The second-order valence-corrected chi connectivity index (χ2v) is 8.09. The van der Waals surface area contributed by atoms with Crippen LogP contribution < -0.4 is 15.8 Å². The van der Waals surface area contributed by atoms with Crippen molar-refractivity contribution >= 4 is 23.7 Å². The van der Waals surface area contributed by atoms with Crippen LogP contribution in [-0.4, -0.2) is 31.7 Å². The Morgan fingerprint density at radius 3 is 2.61 bits per heavy atom. The van der Waals surface area contributed by atoms with Gasteiger partial charge in [0.1, 0.15) is 12.4 Å². The monoisotopic (exact) mass is 432 g/mol. The van der Waals surface area contributed by atoms with Gasteiger partial charge < -0.3 is 25.3 Å². The molecule has 0 spiro atoms. The molecule has 0 radical (unpaired) electrons. The van der Waals surface area contributed by atoms with E-state index in [2.05, 4.69) is 19.2 Å². The van der Waals surface area contributed by atoms with Gasteiger partial charge in [-0.3, -0.25) is 4.79 Å². The van der Waals surface area contributed by atoms with Crippen LogP contribution in [0.3, 0.4) is 0 Å². The van der Waals surface area contributed by atoms with E-state index in [1.54, 1.807) is 0 Å². The number of fused-ring (bicyclic) bond motifs is 1. The fraction of sp³-hybridized carbons (Fsp3) is 0.522. The summed E-state index contributed by atoms with van der Waals surface area (Å²) >= 11 is 0. The van der Waals surface area contributed by atoms with Crippen LogP contribution in [0.25, 0.3) is 0 Å². The first-order chi connectivity index (χ1) is 14.6. The number of hydrogen-bond donors (Lipinski definition) is 2. The minimum absolute atomic E-state index is 0.123. The topological polar surface area (TPSA) is 117 Å². The maximum absolute atomic E-state index is 12.3. The number of urea groups is 1. The average molecular weight is 433 g/mol. The number of methoxy groups -OCH3 is 1. The molecule has 8 heteroatoms. The molecule has 8 nitrogen and oxygen atoms in total. The first-order valence-electron chi connectivity index (χ1n) is 10.4. The number of hydrogen-bond acceptors (Lipinski definition) is 6. The molecule has 2 rings (SSSR count). The van der Waals surface area contributed by atoms with Crippen LogP contribution >= 0.6 is 0 Å². The van der Waals surface area contributed by atoms with E-state index in [0.717, 1.165) is 17.6 Å². The third kappa shape index (κ3) is 6.23. The molecule has 170 valence electrons. The summed E-state index contributed by atoms with van der Waals surface area (Å²) in [5.74, 6) is 0.326. The molecule has 0 saturated heterocycles. The fourth-order valence-corrected chi connectivity index (χ4v) is 3.47. The smallest absolute Gasteiger partial charge is 0.341 e. The van der Waals surface area contributed by atoms with Gasteiger partial charge in [0.25, 0.3) is 0 Å². The number of carbonyl (C=O) groups is 3. The molecule has 0 aliphatic carbocycles. The van der Waals surface area contributed by atoms with Gasteiger partial charge in [-0.2, -0.15) is 0 Å². The average Bonchev–Trinajstić information content (AvgIpc) is 3.08. The maximum atomic E-state index is 12.3. The van der Waals surface area contributed by atoms with Crippen molar-refractivity contribution in [3.8, 4) is 5.75 Å². The van der Waals surface area contributed by atoms with E-state index in [0.29, 0.717) is 59.9 Å². The van der Waals surface area contributed by atoms with Crippen LogP contribution in [0.5, 0.6) is 5.75 Å². The quantitative estimate of drug-likeness (QED) is 0.426. The highest BCUT2D eigenvalue weighted by atomic mass is 16.5. The SMILES string of the molecule is COc1c(C)c2c(c(NC(N)=O)c1C/C=C(\C)CCC(=O)OCCC(C)C)C(=O)OC2. The summed E-state index contributed by atoms with van der Waals surface area (Å²) < 4.78 is 16.0. The minimum atomic E-state index is -0.779. The third-order valence-corrected chi connectivity index (χ3v) is 5.26. The third-order valence-electron chi connectivity index (χ3n) is 5.26. The van der Waals surface area contributed by atoms with Crippen molar-refractivity contribution in [3.05, 3.63) is 33.9 Å². The van der Waals surface area contributed by atoms with Gasteiger partial charge in [0.05, 0.1) is 25.0 Å². The van der Waals surface area contributed by atoms with Crippen molar-refractivity contribution in [2.75, 3.05) is 19.0 Å². The van der Waals surface area contributed by atoms with Gasteiger partial charge in [0.15, 0.2) is 0 Å². The van der Waals surface area contributed by atoms with Crippen molar-refractivity contribution in [1.29, 1.82) is 0 Å². The number of allylic oxidation sites excluding steroid dienone is 2. The lowest BCUT2D eigenvalue weighted by atomic mass is 9.93. The molecule has 0 aromatic heterocycles. The number of nitrogens with one attached hydrogen (secondary N) is 1. The molecule has 1 aliphatic rings. The first-order valence-corrected chi connectivity index (χ1v) is 10.4. The molecule has 0 atom stereocenters. The Morgan fingerprint density at radius 2 is 2.00 bits per heavy atom. The number of carbonyl (C=O) groups excluding carboxylic acids is 3. The fourth-order valence-electron chi connectivity index (χ4n) is 3.47. The standard InChI is InChI=1S/C23H32N2O6/c1-13(2)10-11-30-18(26)9-7-14(3)6-8-16-20(25-23(24)28)19-17(12-31-22(19)27)15(4)21(16)29-5/h6,13H,7-12H2,1-5H3,(H3,24,25,28)/b14-6+. The van der Waals surface area contributed by atoms with Gasteiger partial charge in [-0.05, 0) is 44.6 Å². The minimum Gasteiger partial charge on any atom is -0.496 e. The lowest BCUT2D eigenvalue weighted by molar-refractivity contribution is -0.143. The van der Waals surface area contributed by atoms with Crippen molar-refractivity contribution < 1.29 is 28.6 Å². The molecular weight excluding hydrogens is 400 g/mol. The molecule has 3 N–H and O–H groups in total. The van der Waals surface area contributed by atoms with Gasteiger partial charge in [0, 0.05) is 17.5 Å². The van der Waals surface area contributed by atoms with E-state index < -0.39 is 12.0 Å². The summed E-state index contributed by atoms with van der Waals surface area (Å²) in [6.45, 7) is 8.48. The normalized spacial score (nSPS) is 13.1. The number of ether oxygens (including phenoxy) is 3. The highest BCUT2D eigenvalue weighted by Gasteiger charge is 2.32. The van der Waals surface area contributed by atoms with Gasteiger partial charge in [0.2, 0.25) is 0 Å². The highest BCUT2D eigenvalue weighted by molar-refractivity contribution is 6.05. The largest absolute Gasteiger partial charge is 0.496 e. The van der Waals surface area contributed by atoms with Crippen molar-refractivity contribution in [2.45, 2.75) is 60.0 Å². The molecule has 31 heavy (non-hydrogen) atoms. The molecule has 1 aromatic rings. The lowest BCUT2D eigenvalue weighted by Gasteiger charge is -2.19. The number of primary amides is 1. The predicted molar refractivity (Wildman–Crippen MR) is 117 cm³/mol. The Labute approximate surface area is 183 Å². The predicted octanol–water partition coefficient (Wildman–Crippen LogP) is 4.02. The molecule has 0 saturated carbocycles. The zero-order chi connectivity index (χ0) is 23.1. The Morgan fingerprint density at radius 1 is 1.29 bits per heavy atom. The van der Waals surface area contributed by atoms with Gasteiger partial charge in [-0.15, -0.1) is 0 Å². The maximum Gasteiger partial charge on any atom is 0.341 e. The zero-order valence-electron chi connectivity index (χ0n) is 18.9. The number of nitrogens with two attached hydrogens (primary N) is 1. The van der Waals surface area contributed by atoms with Gasteiger partial charge in [-0.25, -0.2) is 9.59 Å². The Bertz CT molecular complexity index is 889. The summed E-state index contributed by atoms with van der Waals surface area (Å²) in [7, 11) is 1.54. The molecule has 1 aliphatic heterocycles. The van der Waals surface area contributed by atoms with E-state index >= 15 is 0 Å². The molecule has 1 aromatic carbocycles. The van der Waals surface area contributed by atoms with Crippen LogP contribution in [0.2, 0.25) is 0 Å². The van der Waals surface area contributed by atoms with Crippen LogP contribution in [0.1, 0.15) is 67.1 Å². The van der Waals surface area contributed by atoms with Crippen LogP contribution in [0, 0.1) is 12.8 Å². The molecule has 1 heterocycles. The second-order valence-electron chi connectivity index (χ2n) is 8.09. The number of benzene rings is 1. The number of anilines is 1. The summed E-state index contributed by atoms with van der Waals surface area (Å²) in [6.07, 6.45) is 4.01. The number of cyclic esters (lactones) is 1. The highest BCUT2D eigenvalue weighted by Crippen LogP contribution is 2.41. The van der Waals surface area contributed by atoms with Crippen LogP contribution in [-0.2, 0) is 27.3 Å². The lowest BCUT2D eigenvalue weighted by Crippen LogP contribution is -2.22. The summed E-state index contributed by atoms with van der Waals surface area (Å²) in [5, 5.41) is 2.57. The van der Waals surface area contributed by atoms with E-state index in [1.165, 1.54) is 7.11 Å². The summed E-state index contributed by atoms with van der Waals surface area (Å²) in [4.78, 5) is 35.8. The molecular formula is C23H32N2O6. The molecule has 0 bridgehead atoms. The first kappa shape index (κ1) is 24.2. The molecule has 2 amide bonds. The van der Waals surface area contributed by atoms with E-state index in [9.17, 15) is 14.4 Å². The number of esters is 2. The van der Waals surface area contributed by atoms with Crippen molar-refractivity contribution in [3.63, 3.8) is 0 Å². The molecule has 0 fully saturated rings. The van der Waals surface area contributed by atoms with Gasteiger partial charge >= 0.3 is 18.0 Å². The van der Waals surface area contributed by atoms with E-state index in [4.69, 9.17) is 19.9 Å². The summed E-state index contributed by atoms with van der Waals surface area (Å²) in [6, 6.07) is -0.779. The Hall–Kier alpha value is -3.03. The molecule has 0 unspecified atom stereocenters.